The number of phenols is 1. The number of rotatable bonds is 3. The first-order valence-corrected chi connectivity index (χ1v) is 6.34. The van der Waals surface area contributed by atoms with Gasteiger partial charge >= 0.3 is 0 Å². The molecule has 1 amide bonds. The Labute approximate surface area is 122 Å². The number of para-hydroxylation sites is 1. The summed E-state index contributed by atoms with van der Waals surface area (Å²) in [6.45, 7) is 1.88. The van der Waals surface area contributed by atoms with E-state index >= 15 is 0 Å². The van der Waals surface area contributed by atoms with Crippen molar-refractivity contribution in [3.05, 3.63) is 52.5 Å². The van der Waals surface area contributed by atoms with Crippen LogP contribution in [0.1, 0.15) is 15.9 Å². The summed E-state index contributed by atoms with van der Waals surface area (Å²) in [6.07, 6.45) is 0. The molecule has 0 spiro atoms. The van der Waals surface area contributed by atoms with Gasteiger partial charge < -0.3 is 15.2 Å². The van der Waals surface area contributed by atoms with Crippen molar-refractivity contribution < 1.29 is 14.6 Å². The zero-order valence-corrected chi connectivity index (χ0v) is 11.9. The predicted molar refractivity (Wildman–Crippen MR) is 78.8 cm³/mol. The Kier molecular flexibility index (Phi) is 4.15. The van der Waals surface area contributed by atoms with E-state index in [9.17, 15) is 9.90 Å². The molecule has 4 nitrogen and oxygen atoms in total. The average Bonchev–Trinajstić information content (AvgIpc) is 2.43. The minimum Gasteiger partial charge on any atom is -0.504 e. The van der Waals surface area contributed by atoms with Crippen LogP contribution in [0.25, 0.3) is 0 Å². The average molecular weight is 292 g/mol. The van der Waals surface area contributed by atoms with E-state index in [-0.39, 0.29) is 17.1 Å². The highest BCUT2D eigenvalue weighted by Crippen LogP contribution is 2.30. The molecule has 0 saturated heterocycles. The van der Waals surface area contributed by atoms with Crippen LogP contribution in [0.2, 0.25) is 5.02 Å². The van der Waals surface area contributed by atoms with Gasteiger partial charge in [-0.25, -0.2) is 0 Å². The fourth-order valence-electron chi connectivity index (χ4n) is 1.74. The molecule has 2 N–H and O–H groups in total. The number of hydrogen-bond acceptors (Lipinski definition) is 3. The summed E-state index contributed by atoms with van der Waals surface area (Å²) in [7, 11) is 1.43. The number of carbonyl (C=O) groups excluding carboxylic acids is 1. The molecular formula is C15H14ClNO3. The van der Waals surface area contributed by atoms with Crippen LogP contribution >= 0.6 is 11.6 Å². The third-order valence-corrected chi connectivity index (χ3v) is 3.30. The van der Waals surface area contributed by atoms with Gasteiger partial charge in [-0.05, 0) is 36.8 Å². The second-order valence-corrected chi connectivity index (χ2v) is 4.68. The SMILES string of the molecule is COc1cccc(C(=O)Nc2ccc(C)c(Cl)c2)c1O. The highest BCUT2D eigenvalue weighted by molar-refractivity contribution is 6.31. The number of amides is 1. The molecule has 0 heterocycles. The molecule has 0 aliphatic carbocycles. The Morgan fingerprint density at radius 3 is 2.70 bits per heavy atom. The fourth-order valence-corrected chi connectivity index (χ4v) is 1.92. The maximum atomic E-state index is 12.1. The molecule has 104 valence electrons. The van der Waals surface area contributed by atoms with Gasteiger partial charge in [0, 0.05) is 10.7 Å². The van der Waals surface area contributed by atoms with E-state index in [4.69, 9.17) is 16.3 Å². The maximum Gasteiger partial charge on any atom is 0.259 e. The van der Waals surface area contributed by atoms with E-state index in [1.54, 1.807) is 24.3 Å². The van der Waals surface area contributed by atoms with Crippen LogP contribution in [0.5, 0.6) is 11.5 Å². The maximum absolute atomic E-state index is 12.1. The summed E-state index contributed by atoms with van der Waals surface area (Å²) in [4.78, 5) is 12.1. The fraction of sp³-hybridized carbons (Fsp3) is 0.133. The highest BCUT2D eigenvalue weighted by Gasteiger charge is 2.15. The molecule has 0 aliphatic heterocycles. The number of methoxy groups -OCH3 is 1. The van der Waals surface area contributed by atoms with Crippen molar-refractivity contribution in [3.63, 3.8) is 0 Å². The second-order valence-electron chi connectivity index (χ2n) is 4.27. The van der Waals surface area contributed by atoms with E-state index in [0.717, 1.165) is 5.56 Å². The first-order valence-electron chi connectivity index (χ1n) is 5.96. The van der Waals surface area contributed by atoms with Gasteiger partial charge in [-0.3, -0.25) is 4.79 Å². The molecule has 0 saturated carbocycles. The summed E-state index contributed by atoms with van der Waals surface area (Å²) in [5.41, 5.74) is 1.63. The summed E-state index contributed by atoms with van der Waals surface area (Å²) < 4.78 is 4.97. The number of halogens is 1. The van der Waals surface area contributed by atoms with E-state index in [1.807, 2.05) is 13.0 Å². The van der Waals surface area contributed by atoms with Gasteiger partial charge in [0.25, 0.3) is 5.91 Å². The molecule has 0 bridgehead atoms. The van der Waals surface area contributed by atoms with Gasteiger partial charge in [-0.1, -0.05) is 23.7 Å². The van der Waals surface area contributed by atoms with Crippen LogP contribution in [0.4, 0.5) is 5.69 Å². The Balaban J connectivity index is 2.26. The van der Waals surface area contributed by atoms with Crippen LogP contribution in [-0.4, -0.2) is 18.1 Å². The zero-order valence-electron chi connectivity index (χ0n) is 11.1. The Bertz CT molecular complexity index is 656. The van der Waals surface area contributed by atoms with Gasteiger partial charge in [-0.15, -0.1) is 0 Å². The molecule has 5 heteroatoms. The molecule has 0 aromatic heterocycles. The molecule has 2 rings (SSSR count). The predicted octanol–water partition coefficient (Wildman–Crippen LogP) is 3.61. The standard InChI is InChI=1S/C15H14ClNO3/c1-9-6-7-10(8-12(9)16)17-15(19)11-4-3-5-13(20-2)14(11)18/h3-8,18H,1-2H3,(H,17,19). The minimum absolute atomic E-state index is 0.140. The van der Waals surface area contributed by atoms with Crippen LogP contribution in [-0.2, 0) is 0 Å². The third-order valence-electron chi connectivity index (χ3n) is 2.89. The van der Waals surface area contributed by atoms with Crippen molar-refractivity contribution in [3.8, 4) is 11.5 Å². The first kappa shape index (κ1) is 14.2. The molecule has 0 aliphatic rings. The number of nitrogens with one attached hydrogen (secondary N) is 1. The van der Waals surface area contributed by atoms with E-state index in [1.165, 1.54) is 13.2 Å². The zero-order chi connectivity index (χ0) is 14.7. The minimum atomic E-state index is -0.429. The van der Waals surface area contributed by atoms with Crippen LogP contribution in [0, 0.1) is 6.92 Å². The number of aromatic hydroxyl groups is 1. The molecular weight excluding hydrogens is 278 g/mol. The van der Waals surface area contributed by atoms with E-state index in [2.05, 4.69) is 5.32 Å². The van der Waals surface area contributed by atoms with Crippen molar-refractivity contribution in [1.82, 2.24) is 0 Å². The lowest BCUT2D eigenvalue weighted by Crippen LogP contribution is -2.12. The number of ether oxygens (including phenoxy) is 1. The van der Waals surface area contributed by atoms with E-state index < -0.39 is 5.91 Å². The number of phenolic OH excluding ortho intramolecular Hbond substituents is 1. The molecule has 0 fully saturated rings. The van der Waals surface area contributed by atoms with Crippen LogP contribution < -0.4 is 10.1 Å². The molecule has 2 aromatic rings. The number of aryl methyl sites for hydroxylation is 1. The lowest BCUT2D eigenvalue weighted by molar-refractivity contribution is 0.102. The Hall–Kier alpha value is -2.20. The monoisotopic (exact) mass is 291 g/mol. The number of carbonyl (C=O) groups is 1. The quantitative estimate of drug-likeness (QED) is 0.908. The van der Waals surface area contributed by atoms with Gasteiger partial charge in [0.15, 0.2) is 11.5 Å². The Morgan fingerprint density at radius 2 is 2.05 bits per heavy atom. The van der Waals surface area contributed by atoms with Crippen molar-refractivity contribution in [2.75, 3.05) is 12.4 Å². The molecule has 0 radical (unpaired) electrons. The van der Waals surface area contributed by atoms with Gasteiger partial charge in [0.2, 0.25) is 0 Å². The first-order chi connectivity index (χ1) is 9.52. The van der Waals surface area contributed by atoms with Crippen molar-refractivity contribution in [2.24, 2.45) is 0 Å². The molecule has 20 heavy (non-hydrogen) atoms. The molecule has 0 unspecified atom stereocenters. The number of hydrogen-bond donors (Lipinski definition) is 2. The topological polar surface area (TPSA) is 58.6 Å². The van der Waals surface area contributed by atoms with Crippen molar-refractivity contribution in [1.29, 1.82) is 0 Å². The van der Waals surface area contributed by atoms with Crippen LogP contribution in [0.15, 0.2) is 36.4 Å². The van der Waals surface area contributed by atoms with Crippen LogP contribution in [0.3, 0.4) is 0 Å². The number of anilines is 1. The van der Waals surface area contributed by atoms with Crippen molar-refractivity contribution in [2.45, 2.75) is 6.92 Å². The van der Waals surface area contributed by atoms with Crippen molar-refractivity contribution >= 4 is 23.2 Å². The summed E-state index contributed by atoms with van der Waals surface area (Å²) in [5.74, 6) is -0.369. The molecule has 0 atom stereocenters. The second kappa shape index (κ2) is 5.84. The Morgan fingerprint density at radius 1 is 1.30 bits per heavy atom. The smallest absolute Gasteiger partial charge is 0.259 e. The lowest BCUT2D eigenvalue weighted by Gasteiger charge is -2.10. The third kappa shape index (κ3) is 2.86. The molecule has 2 aromatic carbocycles. The highest BCUT2D eigenvalue weighted by atomic mass is 35.5. The summed E-state index contributed by atoms with van der Waals surface area (Å²) in [6, 6.07) is 9.94. The summed E-state index contributed by atoms with van der Waals surface area (Å²) >= 11 is 6.00. The van der Waals surface area contributed by atoms with Gasteiger partial charge in [-0.2, -0.15) is 0 Å². The van der Waals surface area contributed by atoms with Gasteiger partial charge in [0.1, 0.15) is 0 Å². The lowest BCUT2D eigenvalue weighted by atomic mass is 10.1. The number of benzene rings is 2. The largest absolute Gasteiger partial charge is 0.504 e. The van der Waals surface area contributed by atoms with E-state index in [0.29, 0.717) is 10.7 Å². The normalized spacial score (nSPS) is 10.2. The van der Waals surface area contributed by atoms with Gasteiger partial charge in [0.05, 0.1) is 12.7 Å². The summed E-state index contributed by atoms with van der Waals surface area (Å²) in [5, 5.41) is 13.2.